The first-order valence-electron chi connectivity index (χ1n) is 8.39. The Morgan fingerprint density at radius 1 is 1.28 bits per heavy atom. The van der Waals surface area contributed by atoms with Gasteiger partial charge in [0.15, 0.2) is 0 Å². The Kier molecular flexibility index (Phi) is 4.02. The van der Waals surface area contributed by atoms with Gasteiger partial charge in [-0.25, -0.2) is 4.39 Å². The molecule has 0 radical (unpaired) electrons. The molecule has 128 valence electrons. The average Bonchev–Trinajstić information content (AvgIpc) is 3.15. The van der Waals surface area contributed by atoms with Crippen molar-refractivity contribution >= 4 is 23.5 Å². The third-order valence-electron chi connectivity index (χ3n) is 4.38. The number of hydrogen-bond acceptors (Lipinski definition) is 3. The van der Waals surface area contributed by atoms with Gasteiger partial charge in [-0.3, -0.25) is 0 Å². The van der Waals surface area contributed by atoms with Crippen LogP contribution in [0.2, 0.25) is 0 Å². The molecule has 1 aromatic heterocycles. The quantitative estimate of drug-likeness (QED) is 0.743. The Morgan fingerprint density at radius 3 is 2.92 bits per heavy atom. The summed E-state index contributed by atoms with van der Waals surface area (Å²) in [5.74, 6) is 0.917. The summed E-state index contributed by atoms with van der Waals surface area (Å²) in [6.45, 7) is 5.09. The lowest BCUT2D eigenvalue weighted by Gasteiger charge is -2.11. The molecule has 0 saturated carbocycles. The van der Waals surface area contributed by atoms with E-state index in [0.717, 1.165) is 16.7 Å². The predicted octanol–water partition coefficient (Wildman–Crippen LogP) is 3.02. The standard InChI is InChI=1S/C19H19BFNO3/c1-12(2)10-24-15-3-4-18-13(7-15)5-6-22(18)19-9-16-14(8-17(19)21)11-25-20(16)23/h3-9,12,23H,10-11H2,1-2H3. The summed E-state index contributed by atoms with van der Waals surface area (Å²) in [6.07, 6.45) is 1.82. The highest BCUT2D eigenvalue weighted by molar-refractivity contribution is 6.61. The van der Waals surface area contributed by atoms with Crippen molar-refractivity contribution in [3.05, 3.63) is 54.0 Å². The smallest absolute Gasteiger partial charge is 0.491 e. The SMILES string of the molecule is CC(C)COc1ccc2c(ccn2-c2cc3c(cc2F)COB3O)c1. The Hall–Kier alpha value is -2.31. The molecule has 0 spiro atoms. The molecular formula is C19H19BFNO3. The molecular weight excluding hydrogens is 320 g/mol. The third kappa shape index (κ3) is 2.92. The molecule has 2 aromatic carbocycles. The molecule has 3 aromatic rings. The number of hydrogen-bond donors (Lipinski definition) is 1. The van der Waals surface area contributed by atoms with Crippen molar-refractivity contribution in [2.24, 2.45) is 5.92 Å². The molecule has 2 heterocycles. The van der Waals surface area contributed by atoms with Gasteiger partial charge in [0.1, 0.15) is 11.6 Å². The first kappa shape index (κ1) is 16.2. The van der Waals surface area contributed by atoms with Crippen LogP contribution in [0.15, 0.2) is 42.6 Å². The van der Waals surface area contributed by atoms with E-state index in [2.05, 4.69) is 13.8 Å². The van der Waals surface area contributed by atoms with Crippen molar-refractivity contribution in [1.82, 2.24) is 4.57 Å². The lowest BCUT2D eigenvalue weighted by molar-refractivity contribution is 0.271. The van der Waals surface area contributed by atoms with Gasteiger partial charge in [-0.1, -0.05) is 13.8 Å². The third-order valence-corrected chi connectivity index (χ3v) is 4.38. The lowest BCUT2D eigenvalue weighted by Crippen LogP contribution is -2.28. The fraction of sp³-hybridized carbons (Fsp3) is 0.263. The van der Waals surface area contributed by atoms with Crippen LogP contribution >= 0.6 is 0 Å². The van der Waals surface area contributed by atoms with Crippen LogP contribution in [0.4, 0.5) is 4.39 Å². The van der Waals surface area contributed by atoms with Crippen molar-refractivity contribution < 1.29 is 18.8 Å². The summed E-state index contributed by atoms with van der Waals surface area (Å²) in [4.78, 5) is 0. The topological polar surface area (TPSA) is 43.6 Å². The minimum atomic E-state index is -0.993. The molecule has 1 N–H and O–H groups in total. The molecule has 0 saturated heterocycles. The number of ether oxygens (including phenoxy) is 1. The molecule has 0 amide bonds. The summed E-state index contributed by atoms with van der Waals surface area (Å²) >= 11 is 0. The fourth-order valence-electron chi connectivity index (χ4n) is 3.10. The zero-order chi connectivity index (χ0) is 17.6. The van der Waals surface area contributed by atoms with Crippen molar-refractivity contribution in [2.75, 3.05) is 6.61 Å². The number of benzene rings is 2. The van der Waals surface area contributed by atoms with Gasteiger partial charge in [-0.15, -0.1) is 0 Å². The summed E-state index contributed by atoms with van der Waals surface area (Å²) in [6, 6.07) is 10.8. The maximum atomic E-state index is 14.6. The van der Waals surface area contributed by atoms with E-state index in [1.807, 2.05) is 30.5 Å². The molecule has 0 bridgehead atoms. The Bertz CT molecular complexity index is 938. The number of rotatable bonds is 4. The average molecular weight is 339 g/mol. The molecule has 4 nitrogen and oxygen atoms in total. The van der Waals surface area contributed by atoms with Crippen LogP contribution in [0.3, 0.4) is 0 Å². The van der Waals surface area contributed by atoms with E-state index in [1.54, 1.807) is 10.6 Å². The van der Waals surface area contributed by atoms with Gasteiger partial charge in [0.05, 0.1) is 24.4 Å². The minimum absolute atomic E-state index is 0.233. The molecule has 0 unspecified atom stereocenters. The Balaban J connectivity index is 1.74. The number of halogens is 1. The molecule has 0 fully saturated rings. The van der Waals surface area contributed by atoms with Gasteiger partial charge in [-0.2, -0.15) is 0 Å². The van der Waals surface area contributed by atoms with Crippen LogP contribution in [0, 0.1) is 11.7 Å². The van der Waals surface area contributed by atoms with Crippen LogP contribution in [0.1, 0.15) is 19.4 Å². The molecule has 0 atom stereocenters. The van der Waals surface area contributed by atoms with Crippen molar-refractivity contribution in [3.63, 3.8) is 0 Å². The lowest BCUT2D eigenvalue weighted by atomic mass is 9.79. The second-order valence-electron chi connectivity index (χ2n) is 6.78. The van der Waals surface area contributed by atoms with Crippen molar-refractivity contribution in [3.8, 4) is 11.4 Å². The molecule has 25 heavy (non-hydrogen) atoms. The number of aromatic nitrogens is 1. The van der Waals surface area contributed by atoms with Crippen LogP contribution in [0.5, 0.6) is 5.75 Å². The molecule has 1 aliphatic heterocycles. The van der Waals surface area contributed by atoms with E-state index in [9.17, 15) is 9.41 Å². The molecule has 4 rings (SSSR count). The van der Waals surface area contributed by atoms with Crippen LogP contribution in [0.25, 0.3) is 16.6 Å². The second kappa shape index (κ2) is 6.21. The van der Waals surface area contributed by atoms with E-state index < -0.39 is 7.12 Å². The fourth-order valence-corrected chi connectivity index (χ4v) is 3.10. The largest absolute Gasteiger partial charge is 0.493 e. The first-order chi connectivity index (χ1) is 12.0. The highest BCUT2D eigenvalue weighted by Gasteiger charge is 2.29. The minimum Gasteiger partial charge on any atom is -0.493 e. The summed E-state index contributed by atoms with van der Waals surface area (Å²) in [7, 11) is -0.993. The summed E-state index contributed by atoms with van der Waals surface area (Å²) in [5, 5.41) is 10.8. The van der Waals surface area contributed by atoms with Crippen molar-refractivity contribution in [2.45, 2.75) is 20.5 Å². The van der Waals surface area contributed by atoms with Crippen molar-refractivity contribution in [1.29, 1.82) is 0 Å². The van der Waals surface area contributed by atoms with E-state index in [0.29, 0.717) is 29.2 Å². The molecule has 1 aliphatic rings. The number of fused-ring (bicyclic) bond motifs is 2. The molecule has 0 aliphatic carbocycles. The van der Waals surface area contributed by atoms with E-state index in [4.69, 9.17) is 9.39 Å². The van der Waals surface area contributed by atoms with Gasteiger partial charge in [0.2, 0.25) is 0 Å². The normalized spacial score (nSPS) is 13.7. The Labute approximate surface area is 145 Å². The first-order valence-corrected chi connectivity index (χ1v) is 8.39. The Morgan fingerprint density at radius 2 is 2.12 bits per heavy atom. The van der Waals surface area contributed by atoms with E-state index >= 15 is 0 Å². The second-order valence-corrected chi connectivity index (χ2v) is 6.78. The van der Waals surface area contributed by atoms with Gasteiger partial charge in [0, 0.05) is 11.6 Å². The van der Waals surface area contributed by atoms with Gasteiger partial charge < -0.3 is 19.0 Å². The summed E-state index contributed by atoms with van der Waals surface area (Å²) < 4.78 is 27.3. The van der Waals surface area contributed by atoms with Gasteiger partial charge in [-0.05, 0) is 53.3 Å². The van der Waals surface area contributed by atoms with Crippen LogP contribution < -0.4 is 10.2 Å². The maximum absolute atomic E-state index is 14.6. The van der Waals surface area contributed by atoms with Gasteiger partial charge in [0.25, 0.3) is 0 Å². The maximum Gasteiger partial charge on any atom is 0.491 e. The predicted molar refractivity (Wildman–Crippen MR) is 96.0 cm³/mol. The van der Waals surface area contributed by atoms with Crippen LogP contribution in [-0.4, -0.2) is 23.3 Å². The highest BCUT2D eigenvalue weighted by atomic mass is 19.1. The zero-order valence-electron chi connectivity index (χ0n) is 14.2. The van der Waals surface area contributed by atoms with E-state index in [1.165, 1.54) is 6.07 Å². The number of nitrogens with zero attached hydrogens (tertiary/aromatic N) is 1. The van der Waals surface area contributed by atoms with Gasteiger partial charge >= 0.3 is 7.12 Å². The zero-order valence-corrected chi connectivity index (χ0v) is 14.2. The van der Waals surface area contributed by atoms with E-state index in [-0.39, 0.29) is 12.4 Å². The summed E-state index contributed by atoms with van der Waals surface area (Å²) in [5.41, 5.74) is 2.59. The monoisotopic (exact) mass is 339 g/mol. The molecule has 6 heteroatoms. The highest BCUT2D eigenvalue weighted by Crippen LogP contribution is 2.27. The van der Waals surface area contributed by atoms with Crippen LogP contribution in [-0.2, 0) is 11.3 Å².